The molecular formula is C27H18Cl2F3IN2O5S. The number of methoxy groups -OCH3 is 1. The molecule has 1 aliphatic heterocycles. The van der Waals surface area contributed by atoms with Crippen LogP contribution in [0.5, 0.6) is 11.5 Å². The van der Waals surface area contributed by atoms with Crippen molar-refractivity contribution in [1.82, 2.24) is 4.90 Å². The van der Waals surface area contributed by atoms with Crippen molar-refractivity contribution in [1.29, 1.82) is 0 Å². The Hall–Kier alpha value is -2.94. The number of hydrogen-bond acceptors (Lipinski definition) is 6. The number of ether oxygens (including phenoxy) is 2. The third-order valence-electron chi connectivity index (χ3n) is 5.63. The van der Waals surface area contributed by atoms with Crippen molar-refractivity contribution in [3.63, 3.8) is 0 Å². The summed E-state index contributed by atoms with van der Waals surface area (Å²) < 4.78 is 50.9. The SMILES string of the molecule is COc1ccc(C(F)(F)F)cc1NC(=O)CN1C(=O)S/C(=C\c2ccc(OCc3ccc(Cl)cc3Cl)c(I)c2)C1=O. The number of halogens is 6. The van der Waals surface area contributed by atoms with Gasteiger partial charge in [0.05, 0.1) is 26.8 Å². The number of alkyl halides is 3. The van der Waals surface area contributed by atoms with Gasteiger partial charge in [-0.1, -0.05) is 35.3 Å². The Balaban J connectivity index is 1.42. The number of nitrogens with one attached hydrogen (secondary N) is 1. The summed E-state index contributed by atoms with van der Waals surface area (Å²) in [5, 5.41) is 2.58. The number of imide groups is 1. The molecule has 0 aromatic heterocycles. The topological polar surface area (TPSA) is 84.9 Å². The maximum Gasteiger partial charge on any atom is 0.416 e. The Bertz CT molecular complexity index is 1570. The lowest BCUT2D eigenvalue weighted by atomic mass is 10.1. The standard InChI is InChI=1S/C27H18Cl2F3IN2O5S/c1-39-22-7-4-16(27(30,31)32)10-20(22)34-24(36)12-35-25(37)23(41-26(35)38)9-14-2-6-21(19(33)8-14)40-13-15-3-5-17(28)11-18(15)29/h2-11H,12-13H2,1H3,(H,34,36)/b23-9-. The van der Waals surface area contributed by atoms with Gasteiger partial charge in [-0.3, -0.25) is 19.3 Å². The first-order valence-electron chi connectivity index (χ1n) is 11.5. The van der Waals surface area contributed by atoms with E-state index >= 15 is 0 Å². The fourth-order valence-corrected chi connectivity index (χ4v) is 5.62. The van der Waals surface area contributed by atoms with Crippen LogP contribution in [0.15, 0.2) is 59.5 Å². The van der Waals surface area contributed by atoms with Gasteiger partial charge < -0.3 is 14.8 Å². The number of amides is 3. The van der Waals surface area contributed by atoms with Crippen LogP contribution >= 0.6 is 57.6 Å². The minimum atomic E-state index is -4.64. The van der Waals surface area contributed by atoms with E-state index in [1.165, 1.54) is 13.2 Å². The zero-order valence-electron chi connectivity index (χ0n) is 20.9. The Morgan fingerprint density at radius 3 is 2.46 bits per heavy atom. The molecule has 1 fully saturated rings. The van der Waals surface area contributed by atoms with Crippen molar-refractivity contribution in [2.75, 3.05) is 19.0 Å². The molecule has 1 saturated heterocycles. The average Bonchev–Trinajstić information content (AvgIpc) is 3.15. The van der Waals surface area contributed by atoms with Crippen LogP contribution in [0.2, 0.25) is 10.0 Å². The number of hydrogen-bond donors (Lipinski definition) is 1. The summed E-state index contributed by atoms with van der Waals surface area (Å²) in [4.78, 5) is 38.8. The summed E-state index contributed by atoms with van der Waals surface area (Å²) in [6.07, 6.45) is -3.14. The lowest BCUT2D eigenvalue weighted by molar-refractivity contribution is -0.137. The first-order chi connectivity index (χ1) is 19.3. The van der Waals surface area contributed by atoms with E-state index in [4.69, 9.17) is 32.7 Å². The minimum Gasteiger partial charge on any atom is -0.495 e. The zero-order valence-corrected chi connectivity index (χ0v) is 25.3. The molecule has 3 aromatic carbocycles. The molecule has 41 heavy (non-hydrogen) atoms. The molecule has 0 unspecified atom stereocenters. The second-order valence-electron chi connectivity index (χ2n) is 8.44. The molecule has 0 aliphatic carbocycles. The minimum absolute atomic E-state index is 0.0151. The lowest BCUT2D eigenvalue weighted by Crippen LogP contribution is -2.36. The molecule has 7 nitrogen and oxygen atoms in total. The van der Waals surface area contributed by atoms with E-state index < -0.39 is 35.3 Å². The van der Waals surface area contributed by atoms with Gasteiger partial charge in [0.25, 0.3) is 11.1 Å². The van der Waals surface area contributed by atoms with Crippen LogP contribution in [0.3, 0.4) is 0 Å². The third-order valence-corrected chi connectivity index (χ3v) is 7.97. The van der Waals surface area contributed by atoms with Gasteiger partial charge in [-0.2, -0.15) is 13.2 Å². The van der Waals surface area contributed by atoms with E-state index in [2.05, 4.69) is 27.9 Å². The largest absolute Gasteiger partial charge is 0.495 e. The number of carbonyl (C=O) groups excluding carboxylic acids is 3. The predicted octanol–water partition coefficient (Wildman–Crippen LogP) is 7.88. The summed E-state index contributed by atoms with van der Waals surface area (Å²) in [5.41, 5.74) is 0.114. The highest BCUT2D eigenvalue weighted by Gasteiger charge is 2.37. The van der Waals surface area contributed by atoms with E-state index in [0.29, 0.717) is 44.1 Å². The molecule has 1 heterocycles. The highest BCUT2D eigenvalue weighted by molar-refractivity contribution is 14.1. The van der Waals surface area contributed by atoms with Gasteiger partial charge in [0.1, 0.15) is 24.7 Å². The zero-order chi connectivity index (χ0) is 29.9. The Morgan fingerprint density at radius 1 is 1.07 bits per heavy atom. The first-order valence-corrected chi connectivity index (χ1v) is 14.2. The highest BCUT2D eigenvalue weighted by atomic mass is 127. The van der Waals surface area contributed by atoms with E-state index in [-0.39, 0.29) is 22.9 Å². The van der Waals surface area contributed by atoms with Crippen LogP contribution < -0.4 is 14.8 Å². The van der Waals surface area contributed by atoms with Crippen LogP contribution in [0.25, 0.3) is 6.08 Å². The number of rotatable bonds is 8. The summed E-state index contributed by atoms with van der Waals surface area (Å²) >= 11 is 14.8. The van der Waals surface area contributed by atoms with Crippen molar-refractivity contribution in [3.05, 3.63) is 89.8 Å². The second kappa shape index (κ2) is 12.9. The van der Waals surface area contributed by atoms with Crippen molar-refractivity contribution < 1.29 is 37.0 Å². The molecule has 3 amide bonds. The molecule has 0 spiro atoms. The molecule has 214 valence electrons. The van der Waals surface area contributed by atoms with E-state index in [0.717, 1.165) is 21.3 Å². The normalized spacial score (nSPS) is 14.5. The van der Waals surface area contributed by atoms with Crippen molar-refractivity contribution in [3.8, 4) is 11.5 Å². The summed E-state index contributed by atoms with van der Waals surface area (Å²) in [7, 11) is 1.23. The first kappa shape index (κ1) is 31.0. The summed E-state index contributed by atoms with van der Waals surface area (Å²) in [6.45, 7) is -0.488. The Morgan fingerprint density at radius 2 is 1.80 bits per heavy atom. The fourth-order valence-electron chi connectivity index (χ4n) is 3.62. The molecule has 0 bridgehead atoms. The maximum absolute atomic E-state index is 13.1. The molecule has 0 atom stereocenters. The van der Waals surface area contributed by atoms with Gasteiger partial charge in [-0.05, 0) is 88.5 Å². The van der Waals surface area contributed by atoms with Crippen LogP contribution in [0.1, 0.15) is 16.7 Å². The molecule has 1 N–H and O–H groups in total. The average molecular weight is 737 g/mol. The smallest absolute Gasteiger partial charge is 0.416 e. The second-order valence-corrected chi connectivity index (χ2v) is 11.4. The third kappa shape index (κ3) is 7.67. The number of carbonyl (C=O) groups is 3. The molecule has 14 heteroatoms. The van der Waals surface area contributed by atoms with E-state index in [1.54, 1.807) is 36.4 Å². The van der Waals surface area contributed by atoms with Gasteiger partial charge in [0.2, 0.25) is 5.91 Å². The number of benzene rings is 3. The Labute approximate surface area is 260 Å². The van der Waals surface area contributed by atoms with Crippen LogP contribution in [-0.2, 0) is 22.4 Å². The quantitative estimate of drug-likeness (QED) is 0.187. The number of thioether (sulfide) groups is 1. The maximum atomic E-state index is 13.1. The van der Waals surface area contributed by atoms with Crippen molar-refractivity contribution in [2.24, 2.45) is 0 Å². The van der Waals surface area contributed by atoms with Crippen LogP contribution in [0.4, 0.5) is 23.7 Å². The van der Waals surface area contributed by atoms with Crippen LogP contribution in [-0.4, -0.2) is 35.6 Å². The fraction of sp³-hybridized carbons (Fsp3) is 0.148. The molecule has 4 rings (SSSR count). The van der Waals surface area contributed by atoms with E-state index in [1.807, 2.05) is 0 Å². The van der Waals surface area contributed by atoms with Gasteiger partial charge in [-0.15, -0.1) is 0 Å². The number of nitrogens with zero attached hydrogens (tertiary/aromatic N) is 1. The highest BCUT2D eigenvalue weighted by Crippen LogP contribution is 2.36. The Kier molecular flexibility index (Phi) is 9.77. The van der Waals surface area contributed by atoms with Crippen molar-refractivity contribution in [2.45, 2.75) is 12.8 Å². The molecule has 3 aromatic rings. The van der Waals surface area contributed by atoms with E-state index in [9.17, 15) is 27.6 Å². The van der Waals surface area contributed by atoms with Crippen molar-refractivity contribution >= 4 is 86.4 Å². The van der Waals surface area contributed by atoms with Gasteiger partial charge >= 0.3 is 6.18 Å². The number of anilines is 1. The molecule has 0 radical (unpaired) electrons. The summed E-state index contributed by atoms with van der Waals surface area (Å²) in [6, 6.07) is 12.8. The predicted molar refractivity (Wildman–Crippen MR) is 159 cm³/mol. The van der Waals surface area contributed by atoms with Gasteiger partial charge in [0, 0.05) is 15.6 Å². The summed E-state index contributed by atoms with van der Waals surface area (Å²) in [5.74, 6) is -1.02. The van der Waals surface area contributed by atoms with Gasteiger partial charge in [-0.25, -0.2) is 0 Å². The molecule has 0 saturated carbocycles. The van der Waals surface area contributed by atoms with Gasteiger partial charge in [0.15, 0.2) is 0 Å². The lowest BCUT2D eigenvalue weighted by Gasteiger charge is -2.16. The molecule has 1 aliphatic rings. The molecular weight excluding hydrogens is 719 g/mol. The van der Waals surface area contributed by atoms with Crippen LogP contribution in [0, 0.1) is 3.57 Å². The monoisotopic (exact) mass is 736 g/mol.